The normalized spacial score (nSPS) is 16.8. The van der Waals surface area contributed by atoms with Crippen molar-refractivity contribution in [2.24, 2.45) is 0 Å². The van der Waals surface area contributed by atoms with Crippen LogP contribution >= 0.6 is 0 Å². The minimum Gasteiger partial charge on any atom is -0.472 e. The van der Waals surface area contributed by atoms with E-state index in [1.165, 1.54) is 17.3 Å². The minimum absolute atomic E-state index is 0.0382. The van der Waals surface area contributed by atoms with E-state index < -0.39 is 0 Å². The molecule has 1 aromatic carbocycles. The standard InChI is InChI=1S/C16H15N7O2/c24-16(12-2-1-3-13(8-12)23-11-19-20-21-23)22-7-5-14(9-22)25-15-4-6-17-10-18-15/h1-4,6,8,10-11,14H,5,7,9H2. The highest BCUT2D eigenvalue weighted by atomic mass is 16.5. The van der Waals surface area contributed by atoms with Gasteiger partial charge in [-0.1, -0.05) is 6.07 Å². The molecule has 9 nitrogen and oxygen atoms in total. The van der Waals surface area contributed by atoms with Crippen molar-refractivity contribution in [3.8, 4) is 11.6 Å². The number of rotatable bonds is 4. The van der Waals surface area contributed by atoms with Crippen molar-refractivity contribution in [2.45, 2.75) is 12.5 Å². The predicted molar refractivity (Wildman–Crippen MR) is 86.1 cm³/mol. The van der Waals surface area contributed by atoms with Gasteiger partial charge in [0.05, 0.1) is 12.2 Å². The van der Waals surface area contributed by atoms with E-state index in [-0.39, 0.29) is 12.0 Å². The van der Waals surface area contributed by atoms with Gasteiger partial charge in [-0.15, -0.1) is 5.10 Å². The molecule has 1 saturated heterocycles. The summed E-state index contributed by atoms with van der Waals surface area (Å²) in [4.78, 5) is 22.4. The molecule has 0 N–H and O–H groups in total. The Hall–Kier alpha value is -3.36. The van der Waals surface area contributed by atoms with Crippen molar-refractivity contribution in [1.82, 2.24) is 35.1 Å². The molecule has 3 aromatic rings. The molecule has 9 heteroatoms. The second kappa shape index (κ2) is 6.63. The van der Waals surface area contributed by atoms with Gasteiger partial charge in [0.2, 0.25) is 5.88 Å². The average molecular weight is 337 g/mol. The Labute approximate surface area is 143 Å². The molecule has 0 spiro atoms. The lowest BCUT2D eigenvalue weighted by atomic mass is 10.2. The third kappa shape index (κ3) is 3.30. The molecule has 1 unspecified atom stereocenters. The van der Waals surface area contributed by atoms with E-state index in [4.69, 9.17) is 4.74 Å². The zero-order valence-corrected chi connectivity index (χ0v) is 13.3. The van der Waals surface area contributed by atoms with Crippen LogP contribution in [0.25, 0.3) is 5.69 Å². The van der Waals surface area contributed by atoms with Crippen molar-refractivity contribution >= 4 is 5.91 Å². The van der Waals surface area contributed by atoms with Crippen LogP contribution in [0.2, 0.25) is 0 Å². The van der Waals surface area contributed by atoms with E-state index >= 15 is 0 Å². The summed E-state index contributed by atoms with van der Waals surface area (Å²) in [5.74, 6) is 0.485. The van der Waals surface area contributed by atoms with Crippen LogP contribution in [0.15, 0.2) is 49.2 Å². The lowest BCUT2D eigenvalue weighted by Crippen LogP contribution is -2.31. The van der Waals surface area contributed by atoms with Crippen LogP contribution in [0.5, 0.6) is 5.88 Å². The smallest absolute Gasteiger partial charge is 0.254 e. The molecular formula is C16H15N7O2. The molecule has 0 radical (unpaired) electrons. The van der Waals surface area contributed by atoms with Gasteiger partial charge in [-0.05, 0) is 28.6 Å². The molecule has 3 heterocycles. The summed E-state index contributed by atoms with van der Waals surface area (Å²) in [5, 5.41) is 11.1. The molecule has 0 saturated carbocycles. The van der Waals surface area contributed by atoms with Crippen LogP contribution in [0.4, 0.5) is 0 Å². The van der Waals surface area contributed by atoms with E-state index in [0.29, 0.717) is 24.5 Å². The molecule has 126 valence electrons. The maximum atomic E-state index is 12.8. The molecule has 4 rings (SSSR count). The quantitative estimate of drug-likeness (QED) is 0.692. The number of carbonyl (C=O) groups is 1. The summed E-state index contributed by atoms with van der Waals surface area (Å²) >= 11 is 0. The number of amides is 1. The maximum Gasteiger partial charge on any atom is 0.254 e. The van der Waals surface area contributed by atoms with E-state index in [9.17, 15) is 4.79 Å². The zero-order valence-electron chi connectivity index (χ0n) is 13.3. The van der Waals surface area contributed by atoms with Gasteiger partial charge in [-0.2, -0.15) is 0 Å². The first-order valence-corrected chi connectivity index (χ1v) is 7.85. The van der Waals surface area contributed by atoms with Crippen molar-refractivity contribution in [1.29, 1.82) is 0 Å². The maximum absolute atomic E-state index is 12.8. The number of benzene rings is 1. The first kappa shape index (κ1) is 15.2. The van der Waals surface area contributed by atoms with E-state index in [0.717, 1.165) is 12.1 Å². The second-order valence-corrected chi connectivity index (χ2v) is 5.63. The zero-order chi connectivity index (χ0) is 17.1. The molecule has 2 aromatic heterocycles. The van der Waals surface area contributed by atoms with Gasteiger partial charge in [0.15, 0.2) is 0 Å². The molecule has 1 aliphatic heterocycles. The predicted octanol–water partition coefficient (Wildman–Crippen LogP) is 0.746. The Kier molecular flexibility index (Phi) is 4.03. The van der Waals surface area contributed by atoms with Gasteiger partial charge >= 0.3 is 0 Å². The summed E-state index contributed by atoms with van der Waals surface area (Å²) in [6.07, 6.45) is 5.26. The van der Waals surface area contributed by atoms with Gasteiger partial charge in [0.1, 0.15) is 18.8 Å². The number of hydrogen-bond acceptors (Lipinski definition) is 7. The second-order valence-electron chi connectivity index (χ2n) is 5.63. The van der Waals surface area contributed by atoms with Crippen LogP contribution in [-0.2, 0) is 0 Å². The average Bonchev–Trinajstić information content (AvgIpc) is 3.34. The number of carbonyl (C=O) groups excluding carboxylic acids is 1. The van der Waals surface area contributed by atoms with E-state index in [1.54, 1.807) is 29.3 Å². The third-order valence-electron chi connectivity index (χ3n) is 3.98. The largest absolute Gasteiger partial charge is 0.472 e. The highest BCUT2D eigenvalue weighted by Gasteiger charge is 2.28. The molecule has 25 heavy (non-hydrogen) atoms. The minimum atomic E-state index is -0.0680. The number of ether oxygens (including phenoxy) is 1. The van der Waals surface area contributed by atoms with Crippen LogP contribution in [0.1, 0.15) is 16.8 Å². The Bertz CT molecular complexity index is 854. The molecule has 0 aliphatic carbocycles. The summed E-state index contributed by atoms with van der Waals surface area (Å²) in [6, 6.07) is 8.93. The number of hydrogen-bond donors (Lipinski definition) is 0. The highest BCUT2D eigenvalue weighted by Crippen LogP contribution is 2.19. The van der Waals surface area contributed by atoms with Crippen molar-refractivity contribution in [3.05, 3.63) is 54.7 Å². The summed E-state index contributed by atoms with van der Waals surface area (Å²) in [6.45, 7) is 1.17. The van der Waals surface area contributed by atoms with Gasteiger partial charge < -0.3 is 9.64 Å². The summed E-state index contributed by atoms with van der Waals surface area (Å²) in [7, 11) is 0. The molecular weight excluding hydrogens is 322 g/mol. The summed E-state index contributed by atoms with van der Waals surface area (Å²) in [5.41, 5.74) is 1.33. The number of tetrazole rings is 1. The fourth-order valence-corrected chi connectivity index (χ4v) is 2.77. The van der Waals surface area contributed by atoms with E-state index in [1.807, 2.05) is 12.1 Å². The van der Waals surface area contributed by atoms with Gasteiger partial charge in [0, 0.05) is 30.8 Å². The molecule has 1 atom stereocenters. The topological polar surface area (TPSA) is 98.9 Å². The van der Waals surface area contributed by atoms with Crippen molar-refractivity contribution in [3.63, 3.8) is 0 Å². The number of likely N-dealkylation sites (tertiary alicyclic amines) is 1. The molecule has 1 amide bonds. The third-order valence-corrected chi connectivity index (χ3v) is 3.98. The molecule has 0 bridgehead atoms. The van der Waals surface area contributed by atoms with Gasteiger partial charge in [0.25, 0.3) is 5.91 Å². The Balaban J connectivity index is 1.44. The summed E-state index contributed by atoms with van der Waals surface area (Å²) < 4.78 is 7.31. The van der Waals surface area contributed by atoms with Crippen LogP contribution in [-0.4, -0.2) is 60.2 Å². The SMILES string of the molecule is O=C(c1cccc(-n2cnnn2)c1)N1CCC(Oc2ccncn2)C1. The molecule has 1 fully saturated rings. The Morgan fingerprint density at radius 1 is 1.28 bits per heavy atom. The highest BCUT2D eigenvalue weighted by molar-refractivity contribution is 5.95. The first-order valence-electron chi connectivity index (χ1n) is 7.85. The van der Waals surface area contributed by atoms with Crippen LogP contribution in [0.3, 0.4) is 0 Å². The number of aromatic nitrogens is 6. The van der Waals surface area contributed by atoms with E-state index in [2.05, 4.69) is 25.5 Å². The first-order chi connectivity index (χ1) is 12.3. The fraction of sp³-hybridized carbons (Fsp3) is 0.250. The Morgan fingerprint density at radius 2 is 2.24 bits per heavy atom. The van der Waals surface area contributed by atoms with Crippen molar-refractivity contribution in [2.75, 3.05) is 13.1 Å². The fourth-order valence-electron chi connectivity index (χ4n) is 2.77. The van der Waals surface area contributed by atoms with Gasteiger partial charge in [-0.25, -0.2) is 14.6 Å². The van der Waals surface area contributed by atoms with Crippen LogP contribution in [0, 0.1) is 0 Å². The van der Waals surface area contributed by atoms with Crippen molar-refractivity contribution < 1.29 is 9.53 Å². The Morgan fingerprint density at radius 3 is 3.04 bits per heavy atom. The monoisotopic (exact) mass is 337 g/mol. The molecule has 1 aliphatic rings. The lowest BCUT2D eigenvalue weighted by molar-refractivity contribution is 0.0771. The lowest BCUT2D eigenvalue weighted by Gasteiger charge is -2.17. The van der Waals surface area contributed by atoms with Gasteiger partial charge in [-0.3, -0.25) is 4.79 Å². The number of nitrogens with zero attached hydrogens (tertiary/aromatic N) is 7. The van der Waals surface area contributed by atoms with Crippen LogP contribution < -0.4 is 4.74 Å².